The fourth-order valence-electron chi connectivity index (χ4n) is 3.77. The number of hydrogen-bond acceptors (Lipinski definition) is 3. The molecule has 2 aromatic carbocycles. The Morgan fingerprint density at radius 1 is 0.969 bits per heavy atom. The van der Waals surface area contributed by atoms with E-state index in [1.165, 1.54) is 11.1 Å². The molecule has 1 aliphatic heterocycles. The molecule has 1 unspecified atom stereocenters. The molecule has 0 amide bonds. The van der Waals surface area contributed by atoms with Gasteiger partial charge < -0.3 is 19.7 Å². The number of benzene rings is 2. The predicted molar refractivity (Wildman–Crippen MR) is 143 cm³/mol. The SMILES string of the molecule is CCNC(=NCCCCOCc1ccccc1)N1CCC(COCc2ccccc2)C1.I. The molecule has 1 atom stereocenters. The number of nitrogens with one attached hydrogen (secondary N) is 1. The molecule has 0 saturated carbocycles. The van der Waals surface area contributed by atoms with E-state index in [2.05, 4.69) is 53.5 Å². The van der Waals surface area contributed by atoms with E-state index >= 15 is 0 Å². The maximum Gasteiger partial charge on any atom is 0.193 e. The van der Waals surface area contributed by atoms with Crippen LogP contribution >= 0.6 is 24.0 Å². The topological polar surface area (TPSA) is 46.1 Å². The first-order valence-electron chi connectivity index (χ1n) is 11.6. The molecule has 1 heterocycles. The number of hydrogen-bond donors (Lipinski definition) is 1. The Balaban J connectivity index is 0.00000363. The van der Waals surface area contributed by atoms with Gasteiger partial charge >= 0.3 is 0 Å². The smallest absolute Gasteiger partial charge is 0.193 e. The Labute approximate surface area is 210 Å². The van der Waals surface area contributed by atoms with Crippen molar-refractivity contribution in [1.29, 1.82) is 0 Å². The number of rotatable bonds is 12. The Kier molecular flexibility index (Phi) is 13.3. The van der Waals surface area contributed by atoms with E-state index in [0.717, 1.165) is 64.6 Å². The van der Waals surface area contributed by atoms with Crippen LogP contribution in [0.25, 0.3) is 0 Å². The molecule has 32 heavy (non-hydrogen) atoms. The van der Waals surface area contributed by atoms with Crippen molar-refractivity contribution < 1.29 is 9.47 Å². The molecule has 0 aliphatic carbocycles. The molecule has 0 aromatic heterocycles. The molecule has 1 fully saturated rings. The van der Waals surface area contributed by atoms with E-state index in [-0.39, 0.29) is 24.0 Å². The molecular formula is C26H38IN3O2. The van der Waals surface area contributed by atoms with E-state index in [1.807, 2.05) is 24.3 Å². The number of likely N-dealkylation sites (tertiary alicyclic amines) is 1. The quantitative estimate of drug-likeness (QED) is 0.173. The van der Waals surface area contributed by atoms with Crippen LogP contribution in [0.15, 0.2) is 65.7 Å². The van der Waals surface area contributed by atoms with Gasteiger partial charge in [-0.25, -0.2) is 0 Å². The van der Waals surface area contributed by atoms with Gasteiger partial charge in [0.15, 0.2) is 5.96 Å². The Morgan fingerprint density at radius 3 is 2.28 bits per heavy atom. The van der Waals surface area contributed by atoms with Crippen LogP contribution in [0.5, 0.6) is 0 Å². The lowest BCUT2D eigenvalue weighted by Gasteiger charge is -2.21. The predicted octanol–water partition coefficient (Wildman–Crippen LogP) is 5.11. The summed E-state index contributed by atoms with van der Waals surface area (Å²) in [7, 11) is 0. The summed E-state index contributed by atoms with van der Waals surface area (Å²) in [6, 6.07) is 20.7. The van der Waals surface area contributed by atoms with Gasteiger partial charge in [-0.3, -0.25) is 4.99 Å². The zero-order valence-corrected chi connectivity index (χ0v) is 21.6. The molecule has 2 aromatic rings. The molecule has 5 nitrogen and oxygen atoms in total. The van der Waals surface area contributed by atoms with Crippen molar-refractivity contribution in [2.45, 2.75) is 39.4 Å². The standard InChI is InChI=1S/C26H37N3O2.HI/c1-2-27-26(28-16-9-10-18-30-20-23-11-5-3-6-12-23)29-17-15-25(19-29)22-31-21-24-13-7-4-8-14-24;/h3-8,11-14,25H,2,9-10,15-22H2,1H3,(H,27,28);1H. The van der Waals surface area contributed by atoms with Gasteiger partial charge in [0.05, 0.1) is 19.8 Å². The number of nitrogens with zero attached hydrogens (tertiary/aromatic N) is 2. The minimum atomic E-state index is 0. The van der Waals surface area contributed by atoms with Crippen LogP contribution in [-0.4, -0.2) is 50.3 Å². The average Bonchev–Trinajstić information content (AvgIpc) is 3.28. The van der Waals surface area contributed by atoms with E-state index in [1.54, 1.807) is 0 Å². The van der Waals surface area contributed by atoms with Crippen LogP contribution in [0.2, 0.25) is 0 Å². The zero-order valence-electron chi connectivity index (χ0n) is 19.2. The zero-order chi connectivity index (χ0) is 21.6. The molecule has 3 rings (SSSR count). The minimum Gasteiger partial charge on any atom is -0.377 e. The Hall–Kier alpha value is -1.64. The highest BCUT2D eigenvalue weighted by atomic mass is 127. The maximum atomic E-state index is 5.96. The maximum absolute atomic E-state index is 5.96. The molecular weight excluding hydrogens is 513 g/mol. The molecule has 6 heteroatoms. The first kappa shape index (κ1) is 26.6. The fourth-order valence-corrected chi connectivity index (χ4v) is 3.77. The number of aliphatic imine (C=N–C) groups is 1. The molecule has 1 aliphatic rings. The number of unbranched alkanes of at least 4 members (excludes halogenated alkanes) is 1. The third-order valence-electron chi connectivity index (χ3n) is 5.46. The summed E-state index contributed by atoms with van der Waals surface area (Å²) >= 11 is 0. The molecule has 0 spiro atoms. The van der Waals surface area contributed by atoms with Crippen LogP contribution in [0.1, 0.15) is 37.3 Å². The summed E-state index contributed by atoms with van der Waals surface area (Å²) in [4.78, 5) is 7.23. The fraction of sp³-hybridized carbons (Fsp3) is 0.500. The Morgan fingerprint density at radius 2 is 1.62 bits per heavy atom. The van der Waals surface area contributed by atoms with Crippen LogP contribution in [0.4, 0.5) is 0 Å². The normalized spacial score (nSPS) is 16.1. The van der Waals surface area contributed by atoms with Gasteiger partial charge in [-0.2, -0.15) is 0 Å². The summed E-state index contributed by atoms with van der Waals surface area (Å²) in [6.07, 6.45) is 3.24. The minimum absolute atomic E-state index is 0. The van der Waals surface area contributed by atoms with Gasteiger partial charge in [-0.1, -0.05) is 60.7 Å². The molecule has 1 saturated heterocycles. The summed E-state index contributed by atoms with van der Waals surface area (Å²) in [5.74, 6) is 1.61. The summed E-state index contributed by atoms with van der Waals surface area (Å²) in [6.45, 7) is 8.89. The third-order valence-corrected chi connectivity index (χ3v) is 5.46. The van der Waals surface area contributed by atoms with Crippen molar-refractivity contribution in [2.24, 2.45) is 10.9 Å². The second-order valence-electron chi connectivity index (χ2n) is 8.08. The van der Waals surface area contributed by atoms with E-state index in [9.17, 15) is 0 Å². The lowest BCUT2D eigenvalue weighted by atomic mass is 10.1. The highest BCUT2D eigenvalue weighted by molar-refractivity contribution is 14.0. The third kappa shape index (κ3) is 9.88. The largest absolute Gasteiger partial charge is 0.377 e. The van der Waals surface area contributed by atoms with Crippen LogP contribution < -0.4 is 5.32 Å². The van der Waals surface area contributed by atoms with Crippen LogP contribution in [0.3, 0.4) is 0 Å². The van der Waals surface area contributed by atoms with Crippen molar-refractivity contribution in [3.63, 3.8) is 0 Å². The van der Waals surface area contributed by atoms with Gasteiger partial charge in [-0.05, 0) is 37.3 Å². The van der Waals surface area contributed by atoms with Gasteiger partial charge in [0.25, 0.3) is 0 Å². The first-order chi connectivity index (χ1) is 15.3. The van der Waals surface area contributed by atoms with E-state index in [4.69, 9.17) is 14.5 Å². The summed E-state index contributed by atoms with van der Waals surface area (Å²) < 4.78 is 11.7. The monoisotopic (exact) mass is 551 g/mol. The molecule has 0 bridgehead atoms. The first-order valence-corrected chi connectivity index (χ1v) is 11.6. The molecule has 176 valence electrons. The van der Waals surface area contributed by atoms with Crippen LogP contribution in [0, 0.1) is 5.92 Å². The molecule has 0 radical (unpaired) electrons. The average molecular weight is 552 g/mol. The number of guanidine groups is 1. The van der Waals surface area contributed by atoms with E-state index < -0.39 is 0 Å². The highest BCUT2D eigenvalue weighted by Gasteiger charge is 2.24. The van der Waals surface area contributed by atoms with Gasteiger partial charge in [0, 0.05) is 38.7 Å². The second kappa shape index (κ2) is 16.0. The van der Waals surface area contributed by atoms with Crippen LogP contribution in [-0.2, 0) is 22.7 Å². The van der Waals surface area contributed by atoms with Crippen molar-refractivity contribution >= 4 is 29.9 Å². The lowest BCUT2D eigenvalue weighted by Crippen LogP contribution is -2.40. The second-order valence-corrected chi connectivity index (χ2v) is 8.08. The van der Waals surface area contributed by atoms with Gasteiger partial charge in [0.1, 0.15) is 0 Å². The van der Waals surface area contributed by atoms with Crippen molar-refractivity contribution in [3.05, 3.63) is 71.8 Å². The number of ether oxygens (including phenoxy) is 2. The summed E-state index contributed by atoms with van der Waals surface area (Å²) in [5, 5.41) is 3.45. The lowest BCUT2D eigenvalue weighted by molar-refractivity contribution is 0.0906. The van der Waals surface area contributed by atoms with Gasteiger partial charge in [0.2, 0.25) is 0 Å². The Bertz CT molecular complexity index is 758. The van der Waals surface area contributed by atoms with Crippen molar-refractivity contribution in [2.75, 3.05) is 39.4 Å². The van der Waals surface area contributed by atoms with Crippen molar-refractivity contribution in [3.8, 4) is 0 Å². The van der Waals surface area contributed by atoms with E-state index in [0.29, 0.717) is 19.1 Å². The van der Waals surface area contributed by atoms with Gasteiger partial charge in [-0.15, -0.1) is 24.0 Å². The summed E-state index contributed by atoms with van der Waals surface area (Å²) in [5.41, 5.74) is 2.46. The highest BCUT2D eigenvalue weighted by Crippen LogP contribution is 2.17. The van der Waals surface area contributed by atoms with Crippen molar-refractivity contribution in [1.82, 2.24) is 10.2 Å². The number of halogens is 1. The molecule has 1 N–H and O–H groups in total.